The number of fused-ring (bicyclic) bond motifs is 1. The Labute approximate surface area is 83.3 Å². The molecule has 1 heterocycles. The van der Waals surface area contributed by atoms with Gasteiger partial charge in [-0.05, 0) is 25.5 Å². The monoisotopic (exact) mass is 188 g/mol. The molecule has 0 saturated heterocycles. The first-order chi connectivity index (χ1) is 6.72. The summed E-state index contributed by atoms with van der Waals surface area (Å²) in [5.74, 6) is 0.803. The zero-order valence-electron chi connectivity index (χ0n) is 8.24. The summed E-state index contributed by atoms with van der Waals surface area (Å²) < 4.78 is 5.60. The minimum Gasteiger partial charge on any atom is -0.471 e. The van der Waals surface area contributed by atoms with Crippen molar-refractivity contribution < 1.29 is 4.74 Å². The van der Waals surface area contributed by atoms with Crippen LogP contribution in [0.25, 0.3) is 0 Å². The molecule has 72 valence electrons. The molecule has 3 nitrogen and oxygen atoms in total. The van der Waals surface area contributed by atoms with Crippen molar-refractivity contribution in [3.63, 3.8) is 0 Å². The van der Waals surface area contributed by atoms with Gasteiger partial charge in [0, 0.05) is 0 Å². The molecule has 3 heteroatoms. The zero-order valence-corrected chi connectivity index (χ0v) is 8.24. The molecule has 1 aliphatic heterocycles. The highest BCUT2D eigenvalue weighted by molar-refractivity contribution is 5.62. The molecule has 2 unspecified atom stereocenters. The molecule has 0 aliphatic carbocycles. The molecule has 1 aromatic rings. The maximum atomic E-state index is 8.86. The fourth-order valence-corrected chi connectivity index (χ4v) is 1.61. The number of nitrogens with zero attached hydrogens (tertiary/aromatic N) is 1. The molecule has 1 aliphatic rings. The van der Waals surface area contributed by atoms with E-state index in [0.717, 1.165) is 17.0 Å². The summed E-state index contributed by atoms with van der Waals surface area (Å²) in [6.07, 6.45) is -0.399. The lowest BCUT2D eigenvalue weighted by Gasteiger charge is -2.29. The molecule has 0 aromatic heterocycles. The molecule has 0 bridgehead atoms. The van der Waals surface area contributed by atoms with E-state index in [9.17, 15) is 0 Å². The lowest BCUT2D eigenvalue weighted by atomic mass is 10.1. The highest BCUT2D eigenvalue weighted by Gasteiger charge is 2.26. The minimum atomic E-state index is -0.399. The second kappa shape index (κ2) is 3.22. The third kappa shape index (κ3) is 1.29. The fraction of sp³-hybridized carbons (Fsp3) is 0.364. The summed E-state index contributed by atoms with van der Waals surface area (Å²) in [4.78, 5) is 0. The first-order valence-corrected chi connectivity index (χ1v) is 4.65. The van der Waals surface area contributed by atoms with E-state index in [2.05, 4.69) is 11.4 Å². The zero-order chi connectivity index (χ0) is 10.1. The number of aryl methyl sites for hydroxylation is 1. The van der Waals surface area contributed by atoms with Crippen molar-refractivity contribution in [1.82, 2.24) is 0 Å². The van der Waals surface area contributed by atoms with Crippen LogP contribution in [0.5, 0.6) is 5.75 Å². The van der Waals surface area contributed by atoms with Crippen molar-refractivity contribution in [2.75, 3.05) is 5.32 Å². The number of para-hydroxylation sites is 1. The van der Waals surface area contributed by atoms with Crippen LogP contribution in [-0.4, -0.2) is 12.1 Å². The Balaban J connectivity index is 2.42. The van der Waals surface area contributed by atoms with E-state index in [4.69, 9.17) is 10.00 Å². The highest BCUT2D eigenvalue weighted by Crippen LogP contribution is 2.33. The van der Waals surface area contributed by atoms with E-state index in [0.29, 0.717) is 0 Å². The number of rotatable bonds is 0. The van der Waals surface area contributed by atoms with Crippen LogP contribution in [0.2, 0.25) is 0 Å². The summed E-state index contributed by atoms with van der Waals surface area (Å²) >= 11 is 0. The molecular weight excluding hydrogens is 176 g/mol. The molecule has 0 saturated carbocycles. The average Bonchev–Trinajstić information content (AvgIpc) is 2.17. The van der Waals surface area contributed by atoms with E-state index in [1.165, 1.54) is 0 Å². The molecule has 1 aromatic carbocycles. The van der Waals surface area contributed by atoms with E-state index >= 15 is 0 Å². The van der Waals surface area contributed by atoms with Gasteiger partial charge in [0.2, 0.25) is 6.10 Å². The largest absolute Gasteiger partial charge is 0.471 e. The smallest absolute Gasteiger partial charge is 0.204 e. The Hall–Kier alpha value is -1.69. The molecular formula is C11H12N2O. The number of ether oxygens (including phenoxy) is 1. The summed E-state index contributed by atoms with van der Waals surface area (Å²) in [7, 11) is 0. The van der Waals surface area contributed by atoms with Gasteiger partial charge in [-0.1, -0.05) is 12.1 Å². The third-order valence-electron chi connectivity index (χ3n) is 2.42. The summed E-state index contributed by atoms with van der Waals surface area (Å²) in [6.45, 7) is 3.92. The summed E-state index contributed by atoms with van der Waals surface area (Å²) in [6, 6.07) is 8.09. The molecule has 2 rings (SSSR count). The van der Waals surface area contributed by atoms with Crippen molar-refractivity contribution in [1.29, 1.82) is 5.26 Å². The van der Waals surface area contributed by atoms with Gasteiger partial charge in [0.25, 0.3) is 0 Å². The third-order valence-corrected chi connectivity index (χ3v) is 2.42. The molecule has 14 heavy (non-hydrogen) atoms. The number of benzene rings is 1. The molecule has 0 spiro atoms. The Morgan fingerprint density at radius 2 is 2.29 bits per heavy atom. The number of nitriles is 1. The number of nitrogens with one attached hydrogen (secondary N) is 1. The van der Waals surface area contributed by atoms with E-state index in [1.54, 1.807) is 0 Å². The van der Waals surface area contributed by atoms with Crippen molar-refractivity contribution in [3.05, 3.63) is 23.8 Å². The quantitative estimate of drug-likeness (QED) is 0.678. The topological polar surface area (TPSA) is 45.0 Å². The average molecular weight is 188 g/mol. The van der Waals surface area contributed by atoms with Crippen LogP contribution in [0, 0.1) is 18.3 Å². The van der Waals surface area contributed by atoms with Crippen molar-refractivity contribution in [3.8, 4) is 11.8 Å². The Morgan fingerprint density at radius 1 is 1.50 bits per heavy atom. The number of hydrogen-bond donors (Lipinski definition) is 1. The number of hydrogen-bond acceptors (Lipinski definition) is 3. The Bertz CT molecular complexity index is 395. The lowest BCUT2D eigenvalue weighted by Crippen LogP contribution is -2.38. The van der Waals surface area contributed by atoms with Crippen LogP contribution in [0.1, 0.15) is 12.5 Å². The summed E-state index contributed by atoms with van der Waals surface area (Å²) in [5, 5.41) is 12.1. The van der Waals surface area contributed by atoms with Crippen LogP contribution >= 0.6 is 0 Å². The van der Waals surface area contributed by atoms with Gasteiger partial charge in [0.05, 0.1) is 11.7 Å². The first kappa shape index (κ1) is 8.89. The van der Waals surface area contributed by atoms with E-state index in [1.807, 2.05) is 32.0 Å². The molecule has 0 fully saturated rings. The molecule has 0 amide bonds. The molecule has 0 radical (unpaired) electrons. The number of anilines is 1. The predicted molar refractivity (Wildman–Crippen MR) is 54.3 cm³/mol. The van der Waals surface area contributed by atoms with Gasteiger partial charge in [-0.3, -0.25) is 0 Å². The predicted octanol–water partition coefficient (Wildman–Crippen LogP) is 2.08. The van der Waals surface area contributed by atoms with Crippen LogP contribution in [0.15, 0.2) is 18.2 Å². The van der Waals surface area contributed by atoms with Crippen LogP contribution in [0.4, 0.5) is 5.69 Å². The Morgan fingerprint density at radius 3 is 3.00 bits per heavy atom. The normalized spacial score (nSPS) is 24.1. The fourth-order valence-electron chi connectivity index (χ4n) is 1.61. The van der Waals surface area contributed by atoms with Gasteiger partial charge >= 0.3 is 0 Å². The highest BCUT2D eigenvalue weighted by atomic mass is 16.5. The minimum absolute atomic E-state index is 0.0364. The van der Waals surface area contributed by atoms with Crippen LogP contribution in [-0.2, 0) is 0 Å². The van der Waals surface area contributed by atoms with Crippen molar-refractivity contribution in [2.24, 2.45) is 0 Å². The van der Waals surface area contributed by atoms with Gasteiger partial charge in [-0.15, -0.1) is 0 Å². The van der Waals surface area contributed by atoms with Crippen molar-refractivity contribution in [2.45, 2.75) is 26.0 Å². The maximum Gasteiger partial charge on any atom is 0.204 e. The van der Waals surface area contributed by atoms with Gasteiger partial charge in [-0.2, -0.15) is 5.26 Å². The lowest BCUT2D eigenvalue weighted by molar-refractivity contribution is 0.226. The molecule has 1 N–H and O–H groups in total. The van der Waals surface area contributed by atoms with E-state index < -0.39 is 6.10 Å². The standard InChI is InChI=1S/C11H12N2O/c1-7-4-3-5-9-11(7)14-10(6-12)8(2)13-9/h3-5,8,10,13H,1-2H3. The SMILES string of the molecule is Cc1cccc2c1OC(C#N)C(C)N2. The second-order valence-electron chi connectivity index (χ2n) is 3.55. The second-order valence-corrected chi connectivity index (χ2v) is 3.55. The van der Waals surface area contributed by atoms with Crippen molar-refractivity contribution >= 4 is 5.69 Å². The first-order valence-electron chi connectivity index (χ1n) is 4.65. The van der Waals surface area contributed by atoms with Gasteiger partial charge in [-0.25, -0.2) is 0 Å². The van der Waals surface area contributed by atoms with E-state index in [-0.39, 0.29) is 6.04 Å². The van der Waals surface area contributed by atoms with Gasteiger partial charge in [0.1, 0.15) is 11.8 Å². The van der Waals surface area contributed by atoms with Crippen LogP contribution < -0.4 is 10.1 Å². The molecule has 2 atom stereocenters. The summed E-state index contributed by atoms with van der Waals surface area (Å²) in [5.41, 5.74) is 2.03. The Kier molecular flexibility index (Phi) is 2.05. The van der Waals surface area contributed by atoms with Gasteiger partial charge in [0.15, 0.2) is 0 Å². The van der Waals surface area contributed by atoms with Crippen LogP contribution in [0.3, 0.4) is 0 Å². The van der Waals surface area contributed by atoms with Gasteiger partial charge < -0.3 is 10.1 Å². The maximum absolute atomic E-state index is 8.86.